The topological polar surface area (TPSA) is 43.7 Å². The molecule has 2 atom stereocenters. The van der Waals surface area contributed by atoms with Crippen LogP contribution in [0, 0.1) is 0 Å². The van der Waals surface area contributed by atoms with Crippen molar-refractivity contribution in [1.82, 2.24) is 4.90 Å². The van der Waals surface area contributed by atoms with Crippen LogP contribution < -0.4 is 0 Å². The van der Waals surface area contributed by atoms with Crippen molar-refractivity contribution in [3.05, 3.63) is 0 Å². The van der Waals surface area contributed by atoms with E-state index in [0.29, 0.717) is 0 Å². The molecule has 2 unspecified atom stereocenters. The maximum absolute atomic E-state index is 10.2. The molecule has 0 heterocycles. The van der Waals surface area contributed by atoms with Crippen molar-refractivity contribution in [2.24, 2.45) is 0 Å². The molecule has 0 aromatic rings. The van der Waals surface area contributed by atoms with Crippen LogP contribution in [0.5, 0.6) is 0 Å². The molecule has 0 spiro atoms. The summed E-state index contributed by atoms with van der Waals surface area (Å²) in [4.78, 5) is 2.83. The Morgan fingerprint density at radius 1 is 0.255 bits per heavy atom. The van der Waals surface area contributed by atoms with Gasteiger partial charge in [-0.05, 0) is 64.6 Å². The molecule has 0 aliphatic heterocycles. The number of aliphatic hydroxyl groups is 2. The van der Waals surface area contributed by atoms with Gasteiger partial charge in [0, 0.05) is 0 Å². The molecule has 51 heavy (non-hydrogen) atoms. The standard InChI is InChI=1S/C48H99NO2/c1-4-7-10-13-14-15-20-25-30-37-44-49(45-38-31-26-21-16-18-23-28-35-42-47(50)40-33-11-8-5-2)46-39-32-27-22-17-19-24-29-36-43-48(51)41-34-12-9-6-3/h47-48,50-51H,4-46H2,1-3H3. The second-order valence-electron chi connectivity index (χ2n) is 17.0. The fourth-order valence-electron chi connectivity index (χ4n) is 7.97. The molecule has 0 fully saturated rings. The first-order chi connectivity index (χ1) is 25.1. The minimum atomic E-state index is -0.0478. The summed E-state index contributed by atoms with van der Waals surface area (Å²) in [6, 6.07) is 0. The van der Waals surface area contributed by atoms with Crippen molar-refractivity contribution in [1.29, 1.82) is 0 Å². The summed E-state index contributed by atoms with van der Waals surface area (Å²) in [6.45, 7) is 10.8. The normalized spacial score (nSPS) is 13.1. The molecule has 0 amide bonds. The molecule has 0 saturated carbocycles. The van der Waals surface area contributed by atoms with Crippen LogP contribution in [0.15, 0.2) is 0 Å². The van der Waals surface area contributed by atoms with Crippen LogP contribution in [0.3, 0.4) is 0 Å². The van der Waals surface area contributed by atoms with Crippen molar-refractivity contribution in [3.63, 3.8) is 0 Å². The zero-order valence-corrected chi connectivity index (χ0v) is 35.9. The summed E-state index contributed by atoms with van der Waals surface area (Å²) in [5.41, 5.74) is 0. The van der Waals surface area contributed by atoms with E-state index in [9.17, 15) is 10.2 Å². The third kappa shape index (κ3) is 42.5. The van der Waals surface area contributed by atoms with E-state index >= 15 is 0 Å². The first-order valence-electron chi connectivity index (χ1n) is 24.2. The molecule has 2 N–H and O–H groups in total. The Labute approximate surface area is 323 Å². The van der Waals surface area contributed by atoms with Crippen LogP contribution in [0.25, 0.3) is 0 Å². The predicted molar refractivity (Wildman–Crippen MR) is 230 cm³/mol. The van der Waals surface area contributed by atoms with E-state index in [2.05, 4.69) is 25.7 Å². The first kappa shape index (κ1) is 50.9. The Bertz CT molecular complexity index is 572. The van der Waals surface area contributed by atoms with Gasteiger partial charge in [0.2, 0.25) is 0 Å². The summed E-state index contributed by atoms with van der Waals surface area (Å²) >= 11 is 0. The Morgan fingerprint density at radius 2 is 0.431 bits per heavy atom. The van der Waals surface area contributed by atoms with Crippen LogP contribution in [0.1, 0.15) is 278 Å². The van der Waals surface area contributed by atoms with E-state index < -0.39 is 0 Å². The maximum atomic E-state index is 10.2. The molecule has 0 aromatic carbocycles. The third-order valence-corrected chi connectivity index (χ3v) is 11.6. The second kappa shape index (κ2) is 44.3. The van der Waals surface area contributed by atoms with Gasteiger partial charge >= 0.3 is 0 Å². The van der Waals surface area contributed by atoms with Gasteiger partial charge in [-0.25, -0.2) is 0 Å². The van der Waals surface area contributed by atoms with E-state index in [0.717, 1.165) is 25.7 Å². The van der Waals surface area contributed by atoms with E-state index in [1.165, 1.54) is 251 Å². The molecule has 0 rings (SSSR count). The average Bonchev–Trinajstić information content (AvgIpc) is 3.13. The van der Waals surface area contributed by atoms with Crippen LogP contribution in [-0.4, -0.2) is 47.0 Å². The second-order valence-corrected chi connectivity index (χ2v) is 17.0. The lowest BCUT2D eigenvalue weighted by Crippen LogP contribution is -2.27. The molecule has 0 bridgehead atoms. The summed E-state index contributed by atoms with van der Waals surface area (Å²) in [5.74, 6) is 0. The summed E-state index contributed by atoms with van der Waals surface area (Å²) < 4.78 is 0. The fraction of sp³-hybridized carbons (Fsp3) is 1.00. The lowest BCUT2D eigenvalue weighted by molar-refractivity contribution is 0.147. The Balaban J connectivity index is 3.96. The molecule has 0 saturated heterocycles. The van der Waals surface area contributed by atoms with Gasteiger partial charge in [0.1, 0.15) is 0 Å². The zero-order valence-electron chi connectivity index (χ0n) is 35.9. The number of aliphatic hydroxyl groups excluding tert-OH is 2. The fourth-order valence-corrected chi connectivity index (χ4v) is 7.97. The highest BCUT2D eigenvalue weighted by molar-refractivity contribution is 4.62. The number of hydrogen-bond donors (Lipinski definition) is 2. The smallest absolute Gasteiger partial charge is 0.0540 e. The highest BCUT2D eigenvalue weighted by Gasteiger charge is 2.07. The van der Waals surface area contributed by atoms with Crippen LogP contribution in [0.2, 0.25) is 0 Å². The van der Waals surface area contributed by atoms with Crippen molar-refractivity contribution in [3.8, 4) is 0 Å². The van der Waals surface area contributed by atoms with Crippen molar-refractivity contribution < 1.29 is 10.2 Å². The lowest BCUT2D eigenvalue weighted by Gasteiger charge is -2.22. The van der Waals surface area contributed by atoms with Gasteiger partial charge in [-0.2, -0.15) is 0 Å². The number of nitrogens with zero attached hydrogens (tertiary/aromatic N) is 1. The van der Waals surface area contributed by atoms with Gasteiger partial charge in [-0.1, -0.05) is 233 Å². The molecule has 0 radical (unpaired) electrons. The van der Waals surface area contributed by atoms with Gasteiger partial charge in [-0.3, -0.25) is 0 Å². The zero-order chi connectivity index (χ0) is 37.1. The summed E-state index contributed by atoms with van der Waals surface area (Å²) in [7, 11) is 0. The molecule has 3 nitrogen and oxygen atoms in total. The van der Waals surface area contributed by atoms with Crippen molar-refractivity contribution in [2.75, 3.05) is 19.6 Å². The highest BCUT2D eigenvalue weighted by Crippen LogP contribution is 2.17. The van der Waals surface area contributed by atoms with Crippen molar-refractivity contribution in [2.45, 2.75) is 290 Å². The average molecular weight is 722 g/mol. The van der Waals surface area contributed by atoms with E-state index in [-0.39, 0.29) is 12.2 Å². The predicted octanol–water partition coefficient (Wildman–Crippen LogP) is 15.7. The van der Waals surface area contributed by atoms with Gasteiger partial charge in [0.15, 0.2) is 0 Å². The van der Waals surface area contributed by atoms with Crippen LogP contribution in [-0.2, 0) is 0 Å². The largest absolute Gasteiger partial charge is 0.393 e. The minimum absolute atomic E-state index is 0.0478. The van der Waals surface area contributed by atoms with Crippen LogP contribution >= 0.6 is 0 Å². The van der Waals surface area contributed by atoms with E-state index in [1.54, 1.807) is 0 Å². The van der Waals surface area contributed by atoms with E-state index in [1.807, 2.05) is 0 Å². The van der Waals surface area contributed by atoms with Gasteiger partial charge in [-0.15, -0.1) is 0 Å². The molecule has 0 aliphatic rings. The quantitative estimate of drug-likeness (QED) is 0.0615. The third-order valence-electron chi connectivity index (χ3n) is 11.6. The molecule has 0 aromatic heterocycles. The molecule has 3 heteroatoms. The maximum Gasteiger partial charge on any atom is 0.0540 e. The Kier molecular flexibility index (Phi) is 44.2. The summed E-state index contributed by atoms with van der Waals surface area (Å²) in [5, 5.41) is 20.4. The summed E-state index contributed by atoms with van der Waals surface area (Å²) in [6.07, 6.45) is 53.2. The molecular weight excluding hydrogens is 623 g/mol. The van der Waals surface area contributed by atoms with Gasteiger partial charge < -0.3 is 15.1 Å². The van der Waals surface area contributed by atoms with Crippen LogP contribution in [0.4, 0.5) is 0 Å². The van der Waals surface area contributed by atoms with Gasteiger partial charge in [0.25, 0.3) is 0 Å². The number of unbranched alkanes of at least 4 members (excludes halogenated alkanes) is 31. The molecule has 0 aliphatic carbocycles. The Hall–Kier alpha value is -0.120. The van der Waals surface area contributed by atoms with E-state index in [4.69, 9.17) is 0 Å². The minimum Gasteiger partial charge on any atom is -0.393 e. The number of rotatable bonds is 45. The van der Waals surface area contributed by atoms with Crippen molar-refractivity contribution >= 4 is 0 Å². The Morgan fingerprint density at radius 3 is 0.667 bits per heavy atom. The highest BCUT2D eigenvalue weighted by atomic mass is 16.3. The molecular formula is C48H99NO2. The first-order valence-corrected chi connectivity index (χ1v) is 24.2. The lowest BCUT2D eigenvalue weighted by atomic mass is 10.0. The monoisotopic (exact) mass is 722 g/mol. The number of hydrogen-bond acceptors (Lipinski definition) is 3. The molecule has 308 valence electrons. The SMILES string of the molecule is CCCCCCCCCCCCN(CCCCCCCCCCCC(O)CCCCCC)CCCCCCCCCCCC(O)CCCCCC. The van der Waals surface area contributed by atoms with Gasteiger partial charge in [0.05, 0.1) is 12.2 Å².